The van der Waals surface area contributed by atoms with E-state index in [1.165, 1.54) is 10.4 Å². The molecule has 0 bridgehead atoms. The molecular formula is C18H18ClFN2O3S. The van der Waals surface area contributed by atoms with Crippen molar-refractivity contribution in [2.24, 2.45) is 0 Å². The molecule has 0 radical (unpaired) electrons. The number of nitrogens with one attached hydrogen (secondary N) is 1. The van der Waals surface area contributed by atoms with Crippen molar-refractivity contribution in [3.05, 3.63) is 58.4 Å². The maximum absolute atomic E-state index is 14.2. The molecule has 1 aliphatic heterocycles. The Hall–Kier alpha value is -1.96. The molecule has 1 fully saturated rings. The first-order valence-electron chi connectivity index (χ1n) is 8.17. The third-order valence-electron chi connectivity index (χ3n) is 4.39. The van der Waals surface area contributed by atoms with Crippen molar-refractivity contribution < 1.29 is 17.6 Å². The molecule has 26 heavy (non-hydrogen) atoms. The quantitative estimate of drug-likeness (QED) is 0.854. The minimum atomic E-state index is -3.96. The van der Waals surface area contributed by atoms with E-state index in [0.29, 0.717) is 29.4 Å². The fourth-order valence-electron chi connectivity index (χ4n) is 2.85. The molecule has 0 aromatic heterocycles. The largest absolute Gasteiger partial charge is 0.322 e. The van der Waals surface area contributed by atoms with Crippen LogP contribution < -0.4 is 5.32 Å². The molecule has 0 unspecified atom stereocenters. The van der Waals surface area contributed by atoms with Crippen LogP contribution in [-0.4, -0.2) is 31.7 Å². The predicted octanol–water partition coefficient (Wildman–Crippen LogP) is 3.82. The minimum Gasteiger partial charge on any atom is -0.322 e. The van der Waals surface area contributed by atoms with E-state index in [1.54, 1.807) is 25.1 Å². The first kappa shape index (κ1) is 18.8. The van der Waals surface area contributed by atoms with Crippen molar-refractivity contribution in [1.29, 1.82) is 0 Å². The molecule has 2 aromatic rings. The van der Waals surface area contributed by atoms with E-state index in [9.17, 15) is 17.6 Å². The molecule has 0 aliphatic carbocycles. The molecule has 1 heterocycles. The Morgan fingerprint density at radius 2 is 1.88 bits per heavy atom. The number of nitrogens with zero attached hydrogens (tertiary/aromatic N) is 1. The highest BCUT2D eigenvalue weighted by atomic mass is 35.5. The van der Waals surface area contributed by atoms with Gasteiger partial charge in [0.15, 0.2) is 0 Å². The van der Waals surface area contributed by atoms with Crippen LogP contribution in [0.4, 0.5) is 10.1 Å². The van der Waals surface area contributed by atoms with Gasteiger partial charge in [0.1, 0.15) is 10.7 Å². The van der Waals surface area contributed by atoms with Gasteiger partial charge >= 0.3 is 0 Å². The van der Waals surface area contributed by atoms with Gasteiger partial charge in [0, 0.05) is 29.4 Å². The van der Waals surface area contributed by atoms with Crippen molar-refractivity contribution in [3.8, 4) is 0 Å². The van der Waals surface area contributed by atoms with Crippen molar-refractivity contribution in [3.63, 3.8) is 0 Å². The molecule has 5 nitrogen and oxygen atoms in total. The lowest BCUT2D eigenvalue weighted by molar-refractivity contribution is 0.102. The summed E-state index contributed by atoms with van der Waals surface area (Å²) in [6.45, 7) is 2.48. The van der Waals surface area contributed by atoms with Gasteiger partial charge in [-0.2, -0.15) is 4.31 Å². The van der Waals surface area contributed by atoms with Gasteiger partial charge in [0.25, 0.3) is 5.91 Å². The lowest BCUT2D eigenvalue weighted by Gasteiger charge is -2.16. The molecule has 8 heteroatoms. The monoisotopic (exact) mass is 396 g/mol. The third-order valence-corrected chi connectivity index (χ3v) is 6.72. The summed E-state index contributed by atoms with van der Waals surface area (Å²) in [5.74, 6) is -1.40. The van der Waals surface area contributed by atoms with Crippen LogP contribution in [-0.2, 0) is 10.0 Å². The first-order valence-corrected chi connectivity index (χ1v) is 9.98. The van der Waals surface area contributed by atoms with Crippen LogP contribution >= 0.6 is 11.6 Å². The zero-order valence-corrected chi connectivity index (χ0v) is 15.7. The van der Waals surface area contributed by atoms with Gasteiger partial charge in [-0.05, 0) is 55.7 Å². The van der Waals surface area contributed by atoms with Crippen LogP contribution in [0.25, 0.3) is 0 Å². The minimum absolute atomic E-state index is 0.0588. The molecule has 2 aromatic carbocycles. The average Bonchev–Trinajstić information content (AvgIpc) is 3.14. The number of hydrogen-bond donors (Lipinski definition) is 1. The summed E-state index contributed by atoms with van der Waals surface area (Å²) in [7, 11) is -3.96. The summed E-state index contributed by atoms with van der Waals surface area (Å²) < 4.78 is 40.7. The van der Waals surface area contributed by atoms with E-state index in [4.69, 9.17) is 11.6 Å². The van der Waals surface area contributed by atoms with Crippen LogP contribution in [0.2, 0.25) is 5.02 Å². The zero-order chi connectivity index (χ0) is 18.9. The van der Waals surface area contributed by atoms with Gasteiger partial charge in [-0.25, -0.2) is 12.8 Å². The predicted molar refractivity (Wildman–Crippen MR) is 98.5 cm³/mol. The highest BCUT2D eigenvalue weighted by molar-refractivity contribution is 7.89. The number of hydrogen-bond acceptors (Lipinski definition) is 3. The SMILES string of the molecule is Cc1c(Cl)cccc1NC(=O)c1ccc(F)c(S(=O)(=O)N2CCCC2)c1. The topological polar surface area (TPSA) is 66.5 Å². The number of carbonyl (C=O) groups excluding carboxylic acids is 1. The lowest BCUT2D eigenvalue weighted by atomic mass is 10.1. The Morgan fingerprint density at radius 3 is 2.58 bits per heavy atom. The van der Waals surface area contributed by atoms with Crippen LogP contribution in [0.3, 0.4) is 0 Å². The van der Waals surface area contributed by atoms with Gasteiger partial charge in [-0.1, -0.05) is 17.7 Å². The first-order chi connectivity index (χ1) is 12.3. The molecule has 3 rings (SSSR count). The Labute approximate surface area is 156 Å². The maximum Gasteiger partial charge on any atom is 0.255 e. The van der Waals surface area contributed by atoms with Gasteiger partial charge in [-0.15, -0.1) is 0 Å². The van der Waals surface area contributed by atoms with E-state index in [2.05, 4.69) is 5.32 Å². The van der Waals surface area contributed by atoms with Crippen LogP contribution in [0.1, 0.15) is 28.8 Å². The second kappa shape index (κ2) is 7.34. The Morgan fingerprint density at radius 1 is 1.19 bits per heavy atom. The Bertz CT molecular complexity index is 957. The number of carbonyl (C=O) groups is 1. The van der Waals surface area contributed by atoms with Crippen molar-refractivity contribution in [2.75, 3.05) is 18.4 Å². The second-order valence-electron chi connectivity index (χ2n) is 6.12. The molecule has 0 saturated carbocycles. The Kier molecular flexibility index (Phi) is 5.32. The average molecular weight is 397 g/mol. The van der Waals surface area contributed by atoms with Gasteiger partial charge in [0.2, 0.25) is 10.0 Å². The fraction of sp³-hybridized carbons (Fsp3) is 0.278. The molecule has 1 N–H and O–H groups in total. The summed E-state index contributed by atoms with van der Waals surface area (Å²) >= 11 is 6.04. The molecule has 1 aliphatic rings. The number of sulfonamides is 1. The van der Waals surface area contributed by atoms with Gasteiger partial charge < -0.3 is 5.32 Å². The summed E-state index contributed by atoms with van der Waals surface area (Å²) in [4.78, 5) is 12.0. The number of benzene rings is 2. The van der Waals surface area contributed by atoms with E-state index >= 15 is 0 Å². The van der Waals surface area contributed by atoms with Crippen LogP contribution in [0, 0.1) is 12.7 Å². The molecule has 0 atom stereocenters. The second-order valence-corrected chi connectivity index (χ2v) is 8.44. The van der Waals surface area contributed by atoms with E-state index in [-0.39, 0.29) is 5.56 Å². The molecular weight excluding hydrogens is 379 g/mol. The lowest BCUT2D eigenvalue weighted by Crippen LogP contribution is -2.29. The molecule has 0 spiro atoms. The number of anilines is 1. The van der Waals surface area contributed by atoms with Crippen molar-refractivity contribution >= 4 is 33.2 Å². The molecule has 1 amide bonds. The highest BCUT2D eigenvalue weighted by Crippen LogP contribution is 2.26. The van der Waals surface area contributed by atoms with Crippen molar-refractivity contribution in [2.45, 2.75) is 24.7 Å². The summed E-state index contributed by atoms with van der Waals surface area (Å²) in [6, 6.07) is 8.42. The van der Waals surface area contributed by atoms with Crippen LogP contribution in [0.15, 0.2) is 41.3 Å². The van der Waals surface area contributed by atoms with Crippen molar-refractivity contribution in [1.82, 2.24) is 4.31 Å². The zero-order valence-electron chi connectivity index (χ0n) is 14.1. The smallest absolute Gasteiger partial charge is 0.255 e. The highest BCUT2D eigenvalue weighted by Gasteiger charge is 2.30. The van der Waals surface area contributed by atoms with E-state index in [0.717, 1.165) is 25.0 Å². The summed E-state index contributed by atoms with van der Waals surface area (Å²) in [6.07, 6.45) is 1.49. The van der Waals surface area contributed by atoms with Gasteiger partial charge in [-0.3, -0.25) is 4.79 Å². The summed E-state index contributed by atoms with van der Waals surface area (Å²) in [5.41, 5.74) is 1.26. The number of halogens is 2. The fourth-order valence-corrected chi connectivity index (χ4v) is 4.63. The molecule has 138 valence electrons. The number of amides is 1. The molecule has 1 saturated heterocycles. The maximum atomic E-state index is 14.2. The number of rotatable bonds is 4. The van der Waals surface area contributed by atoms with E-state index in [1.807, 2.05) is 0 Å². The standard InChI is InChI=1S/C18H18ClFN2O3S/c1-12-14(19)5-4-6-16(12)21-18(23)13-7-8-15(20)17(11-13)26(24,25)22-9-2-3-10-22/h4-8,11H,2-3,9-10H2,1H3,(H,21,23). The van der Waals surface area contributed by atoms with E-state index < -0.39 is 26.6 Å². The van der Waals surface area contributed by atoms with Gasteiger partial charge in [0.05, 0.1) is 0 Å². The van der Waals surface area contributed by atoms with Crippen LogP contribution in [0.5, 0.6) is 0 Å². The Balaban J connectivity index is 1.92. The normalized spacial score (nSPS) is 15.2. The third kappa shape index (κ3) is 3.60. The summed E-state index contributed by atoms with van der Waals surface area (Å²) in [5, 5.41) is 3.18.